The minimum absolute atomic E-state index is 0.0375. The summed E-state index contributed by atoms with van der Waals surface area (Å²) in [4.78, 5) is 26.8. The fourth-order valence-electron chi connectivity index (χ4n) is 2.97. The van der Waals surface area contributed by atoms with Crippen LogP contribution in [0.25, 0.3) is 0 Å². The zero-order chi connectivity index (χ0) is 14.2. The fraction of sp³-hybridized carbons (Fsp3) is 0.571. The maximum Gasteiger partial charge on any atom is 0.325 e. The van der Waals surface area contributed by atoms with Crippen molar-refractivity contribution in [3.05, 3.63) is 18.1 Å². The molecule has 0 unspecified atom stereocenters. The lowest BCUT2D eigenvalue weighted by atomic mass is 9.98. The van der Waals surface area contributed by atoms with Gasteiger partial charge in [-0.2, -0.15) is 0 Å². The normalized spacial score (nSPS) is 20.9. The standard InChI is InChI=1S/C14H18N2O3S/c1-10-11(4-8-19-10)20-9-7-16-12(17)14(15-13(16)18)5-2-3-6-14/h4,8H,2-3,5-7,9H2,1H3,(H,15,18). The van der Waals surface area contributed by atoms with Gasteiger partial charge in [0.25, 0.3) is 5.91 Å². The first-order valence-corrected chi connectivity index (χ1v) is 7.92. The summed E-state index contributed by atoms with van der Waals surface area (Å²) in [6.07, 6.45) is 5.24. The molecule has 1 aromatic heterocycles. The quantitative estimate of drug-likeness (QED) is 0.685. The van der Waals surface area contributed by atoms with Gasteiger partial charge in [0.1, 0.15) is 11.3 Å². The van der Waals surface area contributed by atoms with Crippen LogP contribution in [0.2, 0.25) is 0 Å². The molecule has 1 N–H and O–H groups in total. The molecule has 2 aliphatic rings. The lowest BCUT2D eigenvalue weighted by Crippen LogP contribution is -2.44. The Morgan fingerprint density at radius 2 is 2.15 bits per heavy atom. The monoisotopic (exact) mass is 294 g/mol. The van der Waals surface area contributed by atoms with Crippen molar-refractivity contribution in [3.63, 3.8) is 0 Å². The van der Waals surface area contributed by atoms with Crippen molar-refractivity contribution in [3.8, 4) is 0 Å². The van der Waals surface area contributed by atoms with Gasteiger partial charge in [0.2, 0.25) is 0 Å². The number of nitrogens with zero attached hydrogens (tertiary/aromatic N) is 1. The van der Waals surface area contributed by atoms with E-state index >= 15 is 0 Å². The molecule has 5 nitrogen and oxygen atoms in total. The zero-order valence-corrected chi connectivity index (χ0v) is 12.3. The number of rotatable bonds is 4. The fourth-order valence-corrected chi connectivity index (χ4v) is 3.86. The number of thioether (sulfide) groups is 1. The highest BCUT2D eigenvalue weighted by Gasteiger charge is 2.52. The second kappa shape index (κ2) is 5.16. The van der Waals surface area contributed by atoms with E-state index in [0.29, 0.717) is 12.3 Å². The molecule has 108 valence electrons. The van der Waals surface area contributed by atoms with Crippen molar-refractivity contribution in [2.24, 2.45) is 0 Å². The zero-order valence-electron chi connectivity index (χ0n) is 11.5. The van der Waals surface area contributed by atoms with Gasteiger partial charge in [-0.3, -0.25) is 9.69 Å². The highest BCUT2D eigenvalue weighted by atomic mass is 32.2. The van der Waals surface area contributed by atoms with Crippen LogP contribution in [0.3, 0.4) is 0 Å². The van der Waals surface area contributed by atoms with Gasteiger partial charge < -0.3 is 9.73 Å². The Kier molecular flexibility index (Phi) is 3.50. The molecule has 1 spiro atoms. The molecule has 6 heteroatoms. The SMILES string of the molecule is Cc1occc1SCCN1C(=O)NC2(CCCC2)C1=O. The van der Waals surface area contributed by atoms with E-state index in [-0.39, 0.29) is 11.9 Å². The Balaban J connectivity index is 1.59. The predicted octanol–water partition coefficient (Wildman–Crippen LogP) is 2.54. The third-order valence-electron chi connectivity index (χ3n) is 4.09. The van der Waals surface area contributed by atoms with Crippen LogP contribution in [0.5, 0.6) is 0 Å². The van der Waals surface area contributed by atoms with Gasteiger partial charge in [-0.25, -0.2) is 4.79 Å². The second-order valence-electron chi connectivity index (χ2n) is 5.37. The Morgan fingerprint density at radius 3 is 2.80 bits per heavy atom. The molecular formula is C14H18N2O3S. The van der Waals surface area contributed by atoms with E-state index in [2.05, 4.69) is 5.32 Å². The predicted molar refractivity (Wildman–Crippen MR) is 75.6 cm³/mol. The van der Waals surface area contributed by atoms with Crippen LogP contribution in [-0.2, 0) is 4.79 Å². The van der Waals surface area contributed by atoms with Crippen LogP contribution in [0, 0.1) is 6.92 Å². The van der Waals surface area contributed by atoms with E-state index in [4.69, 9.17) is 4.42 Å². The molecule has 1 saturated heterocycles. The minimum atomic E-state index is -0.590. The number of nitrogens with one attached hydrogen (secondary N) is 1. The topological polar surface area (TPSA) is 62.6 Å². The summed E-state index contributed by atoms with van der Waals surface area (Å²) < 4.78 is 5.22. The van der Waals surface area contributed by atoms with Crippen molar-refractivity contribution >= 4 is 23.7 Å². The van der Waals surface area contributed by atoms with Gasteiger partial charge in [0.15, 0.2) is 0 Å². The Bertz CT molecular complexity index is 534. The number of carbonyl (C=O) groups is 2. The van der Waals surface area contributed by atoms with Gasteiger partial charge in [-0.05, 0) is 25.8 Å². The summed E-state index contributed by atoms with van der Waals surface area (Å²) >= 11 is 1.61. The highest BCUT2D eigenvalue weighted by Crippen LogP contribution is 2.35. The molecule has 0 radical (unpaired) electrons. The molecule has 1 saturated carbocycles. The van der Waals surface area contributed by atoms with Crippen molar-refractivity contribution in [1.29, 1.82) is 0 Å². The van der Waals surface area contributed by atoms with E-state index < -0.39 is 5.54 Å². The highest BCUT2D eigenvalue weighted by molar-refractivity contribution is 7.99. The van der Waals surface area contributed by atoms with Gasteiger partial charge in [0, 0.05) is 17.2 Å². The first-order valence-electron chi connectivity index (χ1n) is 6.93. The van der Waals surface area contributed by atoms with Crippen molar-refractivity contribution in [2.75, 3.05) is 12.3 Å². The molecule has 0 atom stereocenters. The second-order valence-corrected chi connectivity index (χ2v) is 6.50. The van der Waals surface area contributed by atoms with Crippen molar-refractivity contribution in [2.45, 2.75) is 43.0 Å². The average molecular weight is 294 g/mol. The molecule has 3 rings (SSSR count). The van der Waals surface area contributed by atoms with Crippen LogP contribution in [-0.4, -0.2) is 34.7 Å². The molecule has 1 aromatic rings. The molecule has 1 aliphatic carbocycles. The Morgan fingerprint density at radius 1 is 1.40 bits per heavy atom. The summed E-state index contributed by atoms with van der Waals surface area (Å²) in [7, 11) is 0. The van der Waals surface area contributed by atoms with Gasteiger partial charge in [-0.1, -0.05) is 12.8 Å². The average Bonchev–Trinajstić information content (AvgIpc) is 3.09. The van der Waals surface area contributed by atoms with Crippen molar-refractivity contribution in [1.82, 2.24) is 10.2 Å². The number of imide groups is 1. The molecule has 0 aromatic carbocycles. The number of amides is 3. The Hall–Kier alpha value is -1.43. The molecule has 0 bridgehead atoms. The third kappa shape index (κ3) is 2.22. The summed E-state index contributed by atoms with van der Waals surface area (Å²) in [6, 6.07) is 1.67. The van der Waals surface area contributed by atoms with Crippen LogP contribution < -0.4 is 5.32 Å². The lowest BCUT2D eigenvalue weighted by Gasteiger charge is -2.19. The Labute approximate surface area is 122 Å². The number of hydrogen-bond acceptors (Lipinski definition) is 4. The van der Waals surface area contributed by atoms with E-state index in [1.165, 1.54) is 4.90 Å². The van der Waals surface area contributed by atoms with Crippen LogP contribution >= 0.6 is 11.8 Å². The maximum atomic E-state index is 12.4. The summed E-state index contributed by atoms with van der Waals surface area (Å²) in [6.45, 7) is 2.35. The van der Waals surface area contributed by atoms with Gasteiger partial charge in [-0.15, -0.1) is 11.8 Å². The molecule has 2 heterocycles. The molecule has 20 heavy (non-hydrogen) atoms. The number of carbonyl (C=O) groups excluding carboxylic acids is 2. The maximum absolute atomic E-state index is 12.4. The van der Waals surface area contributed by atoms with Crippen LogP contribution in [0.4, 0.5) is 4.79 Å². The summed E-state index contributed by atoms with van der Waals surface area (Å²) in [5.74, 6) is 1.53. The van der Waals surface area contributed by atoms with E-state index in [1.807, 2.05) is 13.0 Å². The number of furan rings is 1. The summed E-state index contributed by atoms with van der Waals surface area (Å²) in [5.41, 5.74) is -0.590. The minimum Gasteiger partial charge on any atom is -0.468 e. The van der Waals surface area contributed by atoms with E-state index in [1.54, 1.807) is 18.0 Å². The largest absolute Gasteiger partial charge is 0.468 e. The lowest BCUT2D eigenvalue weighted by molar-refractivity contribution is -0.130. The third-order valence-corrected chi connectivity index (χ3v) is 5.21. The van der Waals surface area contributed by atoms with Gasteiger partial charge >= 0.3 is 6.03 Å². The number of urea groups is 1. The first kappa shape index (κ1) is 13.5. The van der Waals surface area contributed by atoms with Crippen molar-refractivity contribution < 1.29 is 14.0 Å². The van der Waals surface area contributed by atoms with Crippen LogP contribution in [0.1, 0.15) is 31.4 Å². The van der Waals surface area contributed by atoms with Crippen LogP contribution in [0.15, 0.2) is 21.6 Å². The number of aryl methyl sites for hydroxylation is 1. The number of hydrogen-bond donors (Lipinski definition) is 1. The summed E-state index contributed by atoms with van der Waals surface area (Å²) in [5, 5.41) is 2.89. The van der Waals surface area contributed by atoms with E-state index in [0.717, 1.165) is 36.3 Å². The van der Waals surface area contributed by atoms with E-state index in [9.17, 15) is 9.59 Å². The van der Waals surface area contributed by atoms with Gasteiger partial charge in [0.05, 0.1) is 6.26 Å². The smallest absolute Gasteiger partial charge is 0.325 e. The molecule has 1 aliphatic heterocycles. The molecule has 3 amide bonds. The molecule has 2 fully saturated rings. The first-order chi connectivity index (χ1) is 9.62. The molecular weight excluding hydrogens is 276 g/mol.